The molecule has 1 aliphatic carbocycles. The Bertz CT molecular complexity index is 1300. The van der Waals surface area contributed by atoms with Crippen molar-refractivity contribution in [3.8, 4) is 0 Å². The highest BCUT2D eigenvalue weighted by Crippen LogP contribution is 2.58. The third-order valence-corrected chi connectivity index (χ3v) is 8.70. The molecule has 2 aliphatic heterocycles. The normalized spacial score (nSPS) is 24.2. The van der Waals surface area contributed by atoms with Crippen LogP contribution in [0.2, 0.25) is 0 Å². The lowest BCUT2D eigenvalue weighted by Gasteiger charge is -2.34. The van der Waals surface area contributed by atoms with Crippen molar-refractivity contribution in [3.63, 3.8) is 0 Å². The maximum Gasteiger partial charge on any atom is 0.403 e. The monoisotopic (exact) mass is 592 g/mol. The van der Waals surface area contributed by atoms with E-state index >= 15 is 0 Å². The van der Waals surface area contributed by atoms with Gasteiger partial charge in [0.2, 0.25) is 29.8 Å². The summed E-state index contributed by atoms with van der Waals surface area (Å²) >= 11 is 0. The second-order valence-corrected chi connectivity index (χ2v) is 13.5. The lowest BCUT2D eigenvalue weighted by molar-refractivity contribution is -0.549. The molecule has 42 heavy (non-hydrogen) atoms. The van der Waals surface area contributed by atoms with Crippen LogP contribution in [-0.4, -0.2) is 77.8 Å². The lowest BCUT2D eigenvalue weighted by Crippen LogP contribution is -2.60. The molecule has 0 aromatic heterocycles. The summed E-state index contributed by atoms with van der Waals surface area (Å²) < 4.78 is 42.5. The van der Waals surface area contributed by atoms with Crippen molar-refractivity contribution in [2.75, 3.05) is 18.9 Å². The first-order chi connectivity index (χ1) is 19.3. The SMILES string of the molecule is C=[N+](C)[C@@H]1C[C@@]2(CN1C(=O)[C@H](CC(C)C)NC(=O)[C@@H](NC(=O)C1(C(F)(F)F)CC1)C(C)(C)C)C(=O)Nc1ccccc12. The van der Waals surface area contributed by atoms with Crippen molar-refractivity contribution < 1.29 is 36.9 Å². The standard InChI is InChI=1S/C30H40F3N5O4/c1-17(2)14-20(34-23(39)22(27(3,4)5)36-26(42)29(12-13-29)30(31,32)33)24(40)38-16-28(15-21(38)37(6)7)18-10-8-9-11-19(18)35-25(28)41/h8-11,17,20-22H,6,12-16H2,1-5,7H3,(H2-,34,35,36,39,41,42)/p+1/t20-,21-,22+,28-/m0/s1. The van der Waals surface area contributed by atoms with Crippen molar-refractivity contribution in [1.82, 2.24) is 15.5 Å². The van der Waals surface area contributed by atoms with Crippen molar-refractivity contribution in [1.29, 1.82) is 0 Å². The van der Waals surface area contributed by atoms with E-state index in [9.17, 15) is 32.3 Å². The van der Waals surface area contributed by atoms with E-state index < -0.39 is 58.4 Å². The maximum atomic E-state index is 14.2. The van der Waals surface area contributed by atoms with Crippen molar-refractivity contribution in [2.24, 2.45) is 16.7 Å². The smallest absolute Gasteiger partial charge is 0.343 e. The van der Waals surface area contributed by atoms with Gasteiger partial charge in [0.15, 0.2) is 0 Å². The summed E-state index contributed by atoms with van der Waals surface area (Å²) in [6.45, 7) is 12.7. The minimum atomic E-state index is -4.72. The maximum absolute atomic E-state index is 14.2. The van der Waals surface area contributed by atoms with E-state index in [0.29, 0.717) is 12.1 Å². The van der Waals surface area contributed by atoms with Crippen LogP contribution < -0.4 is 16.0 Å². The number of likely N-dealkylation sites (tertiary alicyclic amines) is 1. The highest BCUT2D eigenvalue weighted by molar-refractivity contribution is 6.07. The summed E-state index contributed by atoms with van der Waals surface area (Å²) in [6, 6.07) is 4.95. The van der Waals surface area contributed by atoms with Crippen LogP contribution in [0.15, 0.2) is 24.3 Å². The molecule has 4 rings (SSSR count). The molecular formula is C30H41F3N5O4+. The van der Waals surface area contributed by atoms with Crippen LogP contribution in [0.3, 0.4) is 0 Å². The number of benzene rings is 1. The number of alkyl halides is 3. The van der Waals surface area contributed by atoms with E-state index in [1.54, 1.807) is 37.3 Å². The fourth-order valence-electron chi connectivity index (χ4n) is 6.09. The molecule has 4 amide bonds. The number of hydrogen-bond acceptors (Lipinski definition) is 4. The average Bonchev–Trinajstić information content (AvgIpc) is 3.54. The van der Waals surface area contributed by atoms with Crippen LogP contribution in [0, 0.1) is 16.7 Å². The summed E-state index contributed by atoms with van der Waals surface area (Å²) in [4.78, 5) is 55.5. The fraction of sp³-hybridized carbons (Fsp3) is 0.633. The van der Waals surface area contributed by atoms with Crippen LogP contribution in [0.25, 0.3) is 0 Å². The second kappa shape index (κ2) is 10.7. The van der Waals surface area contributed by atoms with Gasteiger partial charge in [0, 0.05) is 12.2 Å². The Hall–Kier alpha value is -3.44. The van der Waals surface area contributed by atoms with Crippen LogP contribution in [0.4, 0.5) is 18.9 Å². The van der Waals surface area contributed by atoms with Gasteiger partial charge in [0.1, 0.15) is 36.7 Å². The number of hydrogen-bond donors (Lipinski definition) is 3. The summed E-state index contributed by atoms with van der Waals surface area (Å²) in [5.41, 5.74) is -2.96. The molecule has 0 bridgehead atoms. The Kier molecular flexibility index (Phi) is 8.01. The molecular weight excluding hydrogens is 551 g/mol. The molecule has 230 valence electrons. The number of para-hydroxylation sites is 1. The van der Waals surface area contributed by atoms with E-state index in [2.05, 4.69) is 22.7 Å². The number of anilines is 1. The number of carbonyl (C=O) groups excluding carboxylic acids is 4. The Balaban J connectivity index is 1.60. The fourth-order valence-corrected chi connectivity index (χ4v) is 6.09. The minimum absolute atomic E-state index is 0.0371. The number of carbonyl (C=O) groups is 4. The molecule has 1 aromatic carbocycles. The number of nitrogens with one attached hydrogen (secondary N) is 3. The van der Waals surface area contributed by atoms with Crippen molar-refractivity contribution >= 4 is 36.0 Å². The van der Waals surface area contributed by atoms with Crippen LogP contribution >= 0.6 is 0 Å². The number of amides is 4. The molecule has 4 atom stereocenters. The predicted octanol–water partition coefficient (Wildman–Crippen LogP) is 3.18. The average molecular weight is 593 g/mol. The molecule has 12 heteroatoms. The number of fused-ring (bicyclic) bond motifs is 2. The van der Waals surface area contributed by atoms with Crippen LogP contribution in [0.5, 0.6) is 0 Å². The molecule has 1 spiro atoms. The van der Waals surface area contributed by atoms with E-state index in [0.717, 1.165) is 5.56 Å². The zero-order chi connectivity index (χ0) is 31.4. The molecule has 2 fully saturated rings. The molecule has 1 aromatic rings. The zero-order valence-electron chi connectivity index (χ0n) is 25.0. The Morgan fingerprint density at radius 2 is 1.76 bits per heavy atom. The molecule has 2 heterocycles. The van der Waals surface area contributed by atoms with E-state index in [1.807, 2.05) is 38.1 Å². The van der Waals surface area contributed by atoms with Crippen molar-refractivity contribution in [3.05, 3.63) is 29.8 Å². The van der Waals surface area contributed by atoms with Gasteiger partial charge in [0.05, 0.1) is 6.42 Å². The molecule has 0 radical (unpaired) electrons. The third kappa shape index (κ3) is 5.51. The van der Waals surface area contributed by atoms with Crippen molar-refractivity contribution in [2.45, 2.75) is 90.1 Å². The van der Waals surface area contributed by atoms with E-state index in [1.165, 1.54) is 0 Å². The largest absolute Gasteiger partial charge is 0.403 e. The van der Waals surface area contributed by atoms with Gasteiger partial charge >= 0.3 is 6.18 Å². The lowest BCUT2D eigenvalue weighted by atomic mass is 9.80. The number of rotatable bonds is 8. The topological polar surface area (TPSA) is 111 Å². The quantitative estimate of drug-likeness (QED) is 0.318. The number of nitrogens with zero attached hydrogens (tertiary/aromatic N) is 2. The van der Waals surface area contributed by atoms with Gasteiger partial charge in [-0.15, -0.1) is 0 Å². The first kappa shape index (κ1) is 31.5. The molecule has 0 unspecified atom stereocenters. The first-order valence-electron chi connectivity index (χ1n) is 14.3. The van der Waals surface area contributed by atoms with Crippen LogP contribution in [-0.2, 0) is 24.6 Å². The van der Waals surface area contributed by atoms with Crippen LogP contribution in [0.1, 0.15) is 65.9 Å². The third-order valence-electron chi connectivity index (χ3n) is 8.70. The van der Waals surface area contributed by atoms with E-state index in [4.69, 9.17) is 0 Å². The summed E-state index contributed by atoms with van der Waals surface area (Å²) in [5.74, 6) is -2.66. The summed E-state index contributed by atoms with van der Waals surface area (Å²) in [6.07, 6.45) is -5.41. The van der Waals surface area contributed by atoms with Gasteiger partial charge in [0.25, 0.3) is 0 Å². The Morgan fingerprint density at radius 3 is 2.29 bits per heavy atom. The molecule has 1 saturated carbocycles. The van der Waals surface area contributed by atoms with E-state index in [-0.39, 0.29) is 37.6 Å². The first-order valence-corrected chi connectivity index (χ1v) is 14.3. The molecule has 1 saturated heterocycles. The van der Waals surface area contributed by atoms with Gasteiger partial charge < -0.3 is 16.0 Å². The highest BCUT2D eigenvalue weighted by atomic mass is 19.4. The zero-order valence-corrected chi connectivity index (χ0v) is 25.0. The predicted molar refractivity (Wildman–Crippen MR) is 151 cm³/mol. The minimum Gasteiger partial charge on any atom is -0.343 e. The van der Waals surface area contributed by atoms with Gasteiger partial charge in [-0.05, 0) is 42.2 Å². The summed E-state index contributed by atoms with van der Waals surface area (Å²) in [5, 5.41) is 8.01. The highest BCUT2D eigenvalue weighted by Gasteiger charge is 2.69. The van der Waals surface area contributed by atoms with Gasteiger partial charge in [-0.2, -0.15) is 13.2 Å². The Morgan fingerprint density at radius 1 is 1.14 bits per heavy atom. The van der Waals surface area contributed by atoms with Gasteiger partial charge in [-0.25, -0.2) is 4.58 Å². The summed E-state index contributed by atoms with van der Waals surface area (Å²) in [7, 11) is 1.71. The Labute approximate surface area is 244 Å². The second-order valence-electron chi connectivity index (χ2n) is 13.5. The molecule has 3 aliphatic rings. The van der Waals surface area contributed by atoms with Gasteiger partial charge in [-0.1, -0.05) is 52.8 Å². The van der Waals surface area contributed by atoms with Gasteiger partial charge in [-0.3, -0.25) is 24.1 Å². The molecule has 3 N–H and O–H groups in total. The number of halogens is 3. The molecule has 9 nitrogen and oxygen atoms in total.